The molecule has 2 aromatic heterocycles. The number of hydrazine groups is 1. The Balaban J connectivity index is 2.18. The zero-order valence-corrected chi connectivity index (χ0v) is 10.4. The van der Waals surface area contributed by atoms with Crippen LogP contribution < -0.4 is 11.3 Å². The van der Waals surface area contributed by atoms with Crippen LogP contribution in [0.1, 0.15) is 23.1 Å². The van der Waals surface area contributed by atoms with E-state index in [0.29, 0.717) is 0 Å². The van der Waals surface area contributed by atoms with Gasteiger partial charge in [0.25, 0.3) is 0 Å². The molecule has 0 aromatic carbocycles. The van der Waals surface area contributed by atoms with Gasteiger partial charge in [-0.05, 0) is 19.1 Å². The molecule has 0 spiro atoms. The van der Waals surface area contributed by atoms with Gasteiger partial charge in [0.05, 0.1) is 17.4 Å². The molecule has 1 atom stereocenters. The van der Waals surface area contributed by atoms with Crippen LogP contribution in [0.3, 0.4) is 0 Å². The highest BCUT2D eigenvalue weighted by Gasteiger charge is 2.15. The van der Waals surface area contributed by atoms with E-state index in [0.717, 1.165) is 23.5 Å². The van der Waals surface area contributed by atoms with Crippen LogP contribution in [-0.4, -0.2) is 19.6 Å². The Morgan fingerprint density at radius 3 is 2.65 bits per heavy atom. The van der Waals surface area contributed by atoms with Gasteiger partial charge < -0.3 is 0 Å². The number of aromatic nitrogens is 4. The van der Waals surface area contributed by atoms with E-state index in [1.54, 1.807) is 4.68 Å². The normalized spacial score (nSPS) is 12.9. The number of nitrogens with two attached hydrogens (primary N) is 1. The largest absolute Gasteiger partial charge is 0.275 e. The standard InChI is InChI=1S/C11H18N6/c1-8-6-9(17(3)14-8)7-11(13-12)10-4-5-16(2)15-10/h4-6,11,13H,7,12H2,1-3H3. The smallest absolute Gasteiger partial charge is 0.0811 e. The van der Waals surface area contributed by atoms with E-state index in [1.165, 1.54) is 0 Å². The molecular formula is C11H18N6. The minimum atomic E-state index is 0.00556. The first-order chi connectivity index (χ1) is 8.10. The predicted octanol–water partition coefficient (Wildman–Crippen LogP) is 0.209. The highest BCUT2D eigenvalue weighted by atomic mass is 15.3. The lowest BCUT2D eigenvalue weighted by molar-refractivity contribution is 0.511. The zero-order valence-electron chi connectivity index (χ0n) is 10.4. The molecule has 0 saturated carbocycles. The molecule has 0 bridgehead atoms. The van der Waals surface area contributed by atoms with Gasteiger partial charge in [-0.1, -0.05) is 0 Å². The molecule has 0 aliphatic rings. The minimum Gasteiger partial charge on any atom is -0.275 e. The van der Waals surface area contributed by atoms with Crippen molar-refractivity contribution in [3.63, 3.8) is 0 Å². The van der Waals surface area contributed by atoms with Crippen LogP contribution in [-0.2, 0) is 20.5 Å². The number of aryl methyl sites for hydroxylation is 3. The third kappa shape index (κ3) is 2.54. The van der Waals surface area contributed by atoms with Crippen molar-refractivity contribution in [2.75, 3.05) is 0 Å². The molecular weight excluding hydrogens is 216 g/mol. The molecule has 0 aliphatic heterocycles. The average molecular weight is 234 g/mol. The second kappa shape index (κ2) is 4.68. The summed E-state index contributed by atoms with van der Waals surface area (Å²) in [5, 5.41) is 8.68. The Morgan fingerprint density at radius 1 is 1.41 bits per heavy atom. The fraction of sp³-hybridized carbons (Fsp3) is 0.455. The van der Waals surface area contributed by atoms with Crippen molar-refractivity contribution in [2.24, 2.45) is 19.9 Å². The van der Waals surface area contributed by atoms with E-state index >= 15 is 0 Å². The lowest BCUT2D eigenvalue weighted by Gasteiger charge is -2.13. The molecule has 2 rings (SSSR count). The Morgan fingerprint density at radius 2 is 2.18 bits per heavy atom. The van der Waals surface area contributed by atoms with Crippen LogP contribution in [0.5, 0.6) is 0 Å². The topological polar surface area (TPSA) is 73.7 Å². The van der Waals surface area contributed by atoms with E-state index in [2.05, 4.69) is 21.7 Å². The van der Waals surface area contributed by atoms with Crippen LogP contribution in [0.15, 0.2) is 18.3 Å². The van der Waals surface area contributed by atoms with Crippen molar-refractivity contribution in [1.82, 2.24) is 25.0 Å². The predicted molar refractivity (Wildman–Crippen MR) is 64.9 cm³/mol. The summed E-state index contributed by atoms with van der Waals surface area (Å²) < 4.78 is 3.65. The monoisotopic (exact) mass is 234 g/mol. The van der Waals surface area contributed by atoms with Crippen molar-refractivity contribution < 1.29 is 0 Å². The molecule has 0 saturated heterocycles. The summed E-state index contributed by atoms with van der Waals surface area (Å²) in [5.41, 5.74) is 5.89. The highest BCUT2D eigenvalue weighted by molar-refractivity contribution is 5.14. The molecule has 3 N–H and O–H groups in total. The van der Waals surface area contributed by atoms with E-state index in [-0.39, 0.29) is 6.04 Å². The van der Waals surface area contributed by atoms with Crippen LogP contribution in [0.2, 0.25) is 0 Å². The van der Waals surface area contributed by atoms with Gasteiger partial charge in [0.15, 0.2) is 0 Å². The molecule has 0 aliphatic carbocycles. The van der Waals surface area contributed by atoms with E-state index in [4.69, 9.17) is 5.84 Å². The maximum Gasteiger partial charge on any atom is 0.0811 e. The van der Waals surface area contributed by atoms with Crippen molar-refractivity contribution in [1.29, 1.82) is 0 Å². The Bertz CT molecular complexity index is 498. The van der Waals surface area contributed by atoms with E-state index in [9.17, 15) is 0 Å². The Hall–Kier alpha value is -1.66. The van der Waals surface area contributed by atoms with Gasteiger partial charge in [-0.3, -0.25) is 20.6 Å². The third-order valence-corrected chi connectivity index (χ3v) is 2.80. The number of hydrogen-bond donors (Lipinski definition) is 2. The number of nitrogens with one attached hydrogen (secondary N) is 1. The SMILES string of the molecule is Cc1cc(CC(NN)c2ccn(C)n2)n(C)n1. The van der Waals surface area contributed by atoms with Gasteiger partial charge in [-0.15, -0.1) is 0 Å². The van der Waals surface area contributed by atoms with E-state index in [1.807, 2.05) is 38.0 Å². The highest BCUT2D eigenvalue weighted by Crippen LogP contribution is 2.16. The summed E-state index contributed by atoms with van der Waals surface area (Å²) in [6.07, 6.45) is 2.68. The van der Waals surface area contributed by atoms with Crippen molar-refractivity contribution >= 4 is 0 Å². The van der Waals surface area contributed by atoms with Crippen LogP contribution in [0.4, 0.5) is 0 Å². The Labute approximate surface area is 100 Å². The molecule has 1 unspecified atom stereocenters. The third-order valence-electron chi connectivity index (χ3n) is 2.80. The minimum absolute atomic E-state index is 0.00556. The molecule has 2 aromatic rings. The summed E-state index contributed by atoms with van der Waals surface area (Å²) in [5.74, 6) is 5.59. The molecule has 0 amide bonds. The van der Waals surface area contributed by atoms with Crippen LogP contribution in [0.25, 0.3) is 0 Å². The summed E-state index contributed by atoms with van der Waals surface area (Å²) in [6, 6.07) is 4.03. The van der Waals surface area contributed by atoms with Crippen LogP contribution >= 0.6 is 0 Å². The van der Waals surface area contributed by atoms with Crippen LogP contribution in [0, 0.1) is 6.92 Å². The number of rotatable bonds is 4. The lowest BCUT2D eigenvalue weighted by atomic mass is 10.1. The molecule has 6 nitrogen and oxygen atoms in total. The molecule has 0 radical (unpaired) electrons. The fourth-order valence-electron chi connectivity index (χ4n) is 1.93. The van der Waals surface area contributed by atoms with Gasteiger partial charge in [0.2, 0.25) is 0 Å². The zero-order chi connectivity index (χ0) is 12.4. The van der Waals surface area contributed by atoms with Gasteiger partial charge in [0.1, 0.15) is 0 Å². The second-order valence-corrected chi connectivity index (χ2v) is 4.24. The van der Waals surface area contributed by atoms with Crippen molar-refractivity contribution in [3.05, 3.63) is 35.4 Å². The molecule has 17 heavy (non-hydrogen) atoms. The lowest BCUT2D eigenvalue weighted by Crippen LogP contribution is -2.30. The molecule has 2 heterocycles. The van der Waals surface area contributed by atoms with Crippen molar-refractivity contribution in [3.8, 4) is 0 Å². The molecule has 6 heteroatoms. The maximum absolute atomic E-state index is 5.59. The average Bonchev–Trinajstić information content (AvgIpc) is 2.82. The number of hydrogen-bond acceptors (Lipinski definition) is 4. The second-order valence-electron chi connectivity index (χ2n) is 4.24. The first-order valence-corrected chi connectivity index (χ1v) is 5.55. The summed E-state index contributed by atoms with van der Waals surface area (Å²) >= 11 is 0. The molecule has 92 valence electrons. The van der Waals surface area contributed by atoms with Crippen molar-refractivity contribution in [2.45, 2.75) is 19.4 Å². The molecule has 0 fully saturated rings. The number of nitrogens with zero attached hydrogens (tertiary/aromatic N) is 4. The summed E-state index contributed by atoms with van der Waals surface area (Å²) in [7, 11) is 3.83. The quantitative estimate of drug-likeness (QED) is 0.586. The summed E-state index contributed by atoms with van der Waals surface area (Å²) in [6.45, 7) is 1.98. The van der Waals surface area contributed by atoms with E-state index < -0.39 is 0 Å². The first kappa shape index (κ1) is 11.8. The van der Waals surface area contributed by atoms with Gasteiger partial charge >= 0.3 is 0 Å². The Kier molecular flexibility index (Phi) is 3.26. The maximum atomic E-state index is 5.59. The summed E-state index contributed by atoms with van der Waals surface area (Å²) in [4.78, 5) is 0. The first-order valence-electron chi connectivity index (χ1n) is 5.55. The fourth-order valence-corrected chi connectivity index (χ4v) is 1.93. The van der Waals surface area contributed by atoms with Gasteiger partial charge in [0, 0.05) is 32.4 Å². The van der Waals surface area contributed by atoms with Gasteiger partial charge in [-0.25, -0.2) is 0 Å². The van der Waals surface area contributed by atoms with Gasteiger partial charge in [-0.2, -0.15) is 10.2 Å².